The molecule has 2 rings (SSSR count). The van der Waals surface area contributed by atoms with Gasteiger partial charge in [-0.3, -0.25) is 0 Å². The first-order chi connectivity index (χ1) is 6.75. The molecule has 0 radical (unpaired) electrons. The van der Waals surface area contributed by atoms with Gasteiger partial charge in [-0.05, 0) is 31.9 Å². The van der Waals surface area contributed by atoms with Gasteiger partial charge in [-0.25, -0.2) is 0 Å². The smallest absolute Gasteiger partial charge is 0.105 e. The van der Waals surface area contributed by atoms with Crippen molar-refractivity contribution in [2.24, 2.45) is 13.0 Å². The predicted molar refractivity (Wildman–Crippen MR) is 55.6 cm³/mol. The zero-order valence-corrected chi connectivity index (χ0v) is 8.70. The molecule has 1 aliphatic rings. The molecular formula is C10H16N4. The highest BCUT2D eigenvalue weighted by Crippen LogP contribution is 2.19. The first-order valence-corrected chi connectivity index (χ1v) is 5.01. The summed E-state index contributed by atoms with van der Waals surface area (Å²) in [6.45, 7) is 4.41. The van der Waals surface area contributed by atoms with E-state index < -0.39 is 0 Å². The summed E-state index contributed by atoms with van der Waals surface area (Å²) >= 11 is 0. The summed E-state index contributed by atoms with van der Waals surface area (Å²) in [5.74, 6) is 0.678. The third-order valence-electron chi connectivity index (χ3n) is 2.70. The second-order valence-electron chi connectivity index (χ2n) is 3.84. The van der Waals surface area contributed by atoms with Crippen LogP contribution < -0.4 is 5.32 Å². The molecular weight excluding hydrogens is 176 g/mol. The number of aromatic nitrogens is 3. The number of nitrogens with one attached hydrogen (secondary N) is 1. The monoisotopic (exact) mass is 192 g/mol. The van der Waals surface area contributed by atoms with Crippen molar-refractivity contribution in [2.45, 2.75) is 13.3 Å². The van der Waals surface area contributed by atoms with Gasteiger partial charge >= 0.3 is 0 Å². The minimum absolute atomic E-state index is 0.678. The van der Waals surface area contributed by atoms with Crippen LogP contribution in [0.2, 0.25) is 0 Å². The summed E-state index contributed by atoms with van der Waals surface area (Å²) in [7, 11) is 1.84. The molecule has 1 fully saturated rings. The zero-order chi connectivity index (χ0) is 9.97. The Morgan fingerprint density at radius 2 is 2.57 bits per heavy atom. The van der Waals surface area contributed by atoms with Gasteiger partial charge in [0, 0.05) is 13.6 Å². The highest BCUT2D eigenvalue weighted by Gasteiger charge is 2.15. The molecule has 1 saturated heterocycles. The van der Waals surface area contributed by atoms with E-state index in [0.717, 1.165) is 18.8 Å². The van der Waals surface area contributed by atoms with Crippen LogP contribution in [0.15, 0.2) is 11.8 Å². The topological polar surface area (TPSA) is 42.7 Å². The standard InChI is InChI=1S/C10H16N4/c1-8(9-3-4-11-6-9)5-10-7-12-14(2)13-10/h5,7,9,11H,3-4,6H2,1-2H3/b8-5+. The van der Waals surface area contributed by atoms with Crippen LogP contribution in [-0.2, 0) is 7.05 Å². The molecule has 76 valence electrons. The Hall–Kier alpha value is -1.16. The molecule has 1 aromatic rings. The van der Waals surface area contributed by atoms with Crippen LogP contribution in [0.25, 0.3) is 6.08 Å². The maximum atomic E-state index is 4.23. The molecule has 4 heteroatoms. The van der Waals surface area contributed by atoms with Gasteiger partial charge in [0.05, 0.1) is 6.20 Å². The van der Waals surface area contributed by atoms with E-state index in [9.17, 15) is 0 Å². The van der Waals surface area contributed by atoms with E-state index in [-0.39, 0.29) is 0 Å². The summed E-state index contributed by atoms with van der Waals surface area (Å²) in [6.07, 6.45) is 5.17. The minimum atomic E-state index is 0.678. The summed E-state index contributed by atoms with van der Waals surface area (Å²) in [4.78, 5) is 1.59. The molecule has 1 unspecified atom stereocenters. The molecule has 0 aromatic carbocycles. The van der Waals surface area contributed by atoms with Gasteiger partial charge in [-0.15, -0.1) is 0 Å². The van der Waals surface area contributed by atoms with Gasteiger partial charge in [0.25, 0.3) is 0 Å². The number of aryl methyl sites for hydroxylation is 1. The molecule has 1 aromatic heterocycles. The van der Waals surface area contributed by atoms with E-state index in [4.69, 9.17) is 0 Å². The van der Waals surface area contributed by atoms with E-state index in [2.05, 4.69) is 28.5 Å². The van der Waals surface area contributed by atoms with Gasteiger partial charge < -0.3 is 5.32 Å². The van der Waals surface area contributed by atoms with Crippen LogP contribution in [0.4, 0.5) is 0 Å². The highest BCUT2D eigenvalue weighted by atomic mass is 15.4. The number of hydrogen-bond acceptors (Lipinski definition) is 3. The number of rotatable bonds is 2. The highest BCUT2D eigenvalue weighted by molar-refractivity contribution is 5.47. The van der Waals surface area contributed by atoms with Gasteiger partial charge in [-0.2, -0.15) is 15.0 Å². The van der Waals surface area contributed by atoms with Crippen molar-refractivity contribution in [3.05, 3.63) is 17.5 Å². The minimum Gasteiger partial charge on any atom is -0.316 e. The molecule has 2 heterocycles. The number of nitrogens with zero attached hydrogens (tertiary/aromatic N) is 3. The van der Waals surface area contributed by atoms with E-state index in [1.54, 1.807) is 11.0 Å². The lowest BCUT2D eigenvalue weighted by Gasteiger charge is -2.07. The quantitative estimate of drug-likeness (QED) is 0.754. The van der Waals surface area contributed by atoms with Crippen LogP contribution >= 0.6 is 0 Å². The molecule has 1 N–H and O–H groups in total. The van der Waals surface area contributed by atoms with Crippen molar-refractivity contribution < 1.29 is 0 Å². The Bertz CT molecular complexity index is 334. The van der Waals surface area contributed by atoms with Crippen molar-refractivity contribution >= 4 is 6.08 Å². The van der Waals surface area contributed by atoms with E-state index in [1.807, 2.05) is 7.05 Å². The predicted octanol–water partition coefficient (Wildman–Crippen LogP) is 0.828. The normalized spacial score (nSPS) is 23.0. The number of hydrogen-bond donors (Lipinski definition) is 1. The lowest BCUT2D eigenvalue weighted by Crippen LogP contribution is -2.09. The molecule has 0 spiro atoms. The SMILES string of the molecule is C/C(=C\c1cnn(C)n1)C1CCNC1. The summed E-state index contributed by atoms with van der Waals surface area (Å²) in [6, 6.07) is 0. The van der Waals surface area contributed by atoms with E-state index in [0.29, 0.717) is 5.92 Å². The van der Waals surface area contributed by atoms with Gasteiger partial charge in [0.15, 0.2) is 0 Å². The lowest BCUT2D eigenvalue weighted by molar-refractivity contribution is 0.651. The average Bonchev–Trinajstić information content (AvgIpc) is 2.75. The van der Waals surface area contributed by atoms with Crippen molar-refractivity contribution in [1.29, 1.82) is 0 Å². The van der Waals surface area contributed by atoms with E-state index in [1.165, 1.54) is 12.0 Å². The molecule has 0 bridgehead atoms. The molecule has 0 saturated carbocycles. The van der Waals surface area contributed by atoms with Crippen LogP contribution in [0.5, 0.6) is 0 Å². The van der Waals surface area contributed by atoms with E-state index >= 15 is 0 Å². The molecule has 0 aliphatic carbocycles. The van der Waals surface area contributed by atoms with Gasteiger partial charge in [-0.1, -0.05) is 5.57 Å². The fourth-order valence-corrected chi connectivity index (χ4v) is 1.82. The zero-order valence-electron chi connectivity index (χ0n) is 8.70. The van der Waals surface area contributed by atoms with Crippen LogP contribution in [0, 0.1) is 5.92 Å². The Balaban J connectivity index is 2.09. The third-order valence-corrected chi connectivity index (χ3v) is 2.70. The molecule has 0 amide bonds. The fourth-order valence-electron chi connectivity index (χ4n) is 1.82. The van der Waals surface area contributed by atoms with Crippen molar-refractivity contribution in [3.8, 4) is 0 Å². The van der Waals surface area contributed by atoms with Crippen LogP contribution in [0.1, 0.15) is 19.0 Å². The summed E-state index contributed by atoms with van der Waals surface area (Å²) in [5.41, 5.74) is 2.35. The lowest BCUT2D eigenvalue weighted by atomic mass is 9.99. The van der Waals surface area contributed by atoms with Crippen LogP contribution in [0.3, 0.4) is 0 Å². The second kappa shape index (κ2) is 3.92. The maximum Gasteiger partial charge on any atom is 0.105 e. The summed E-state index contributed by atoms with van der Waals surface area (Å²) < 4.78 is 0. The third kappa shape index (κ3) is 2.01. The fraction of sp³-hybridized carbons (Fsp3) is 0.600. The van der Waals surface area contributed by atoms with Gasteiger partial charge in [0.1, 0.15) is 5.69 Å². The largest absolute Gasteiger partial charge is 0.316 e. The Kier molecular flexibility index (Phi) is 2.63. The average molecular weight is 192 g/mol. The maximum absolute atomic E-state index is 4.23. The first-order valence-electron chi connectivity index (χ1n) is 5.01. The molecule has 1 atom stereocenters. The second-order valence-corrected chi connectivity index (χ2v) is 3.84. The first kappa shape index (κ1) is 9.40. The Morgan fingerprint density at radius 3 is 3.14 bits per heavy atom. The van der Waals surface area contributed by atoms with Crippen molar-refractivity contribution in [1.82, 2.24) is 20.3 Å². The van der Waals surface area contributed by atoms with Crippen LogP contribution in [-0.4, -0.2) is 28.1 Å². The molecule has 4 nitrogen and oxygen atoms in total. The van der Waals surface area contributed by atoms with Crippen molar-refractivity contribution in [2.75, 3.05) is 13.1 Å². The summed E-state index contributed by atoms with van der Waals surface area (Å²) in [5, 5.41) is 11.6. The van der Waals surface area contributed by atoms with Crippen molar-refractivity contribution in [3.63, 3.8) is 0 Å². The molecule has 1 aliphatic heterocycles. The Labute approximate surface area is 84.0 Å². The Morgan fingerprint density at radius 1 is 1.71 bits per heavy atom. The van der Waals surface area contributed by atoms with Gasteiger partial charge in [0.2, 0.25) is 0 Å². The molecule has 14 heavy (non-hydrogen) atoms.